The van der Waals surface area contributed by atoms with E-state index in [1.807, 2.05) is 29.6 Å². The van der Waals surface area contributed by atoms with Gasteiger partial charge in [0.15, 0.2) is 0 Å². The van der Waals surface area contributed by atoms with Crippen LogP contribution in [0.15, 0.2) is 29.6 Å². The van der Waals surface area contributed by atoms with E-state index in [4.69, 9.17) is 5.73 Å². The van der Waals surface area contributed by atoms with Gasteiger partial charge in [-0.2, -0.15) is 0 Å². The minimum Gasteiger partial charge on any atom is -0.317 e. The lowest BCUT2D eigenvalue weighted by atomic mass is 10.1. The van der Waals surface area contributed by atoms with Crippen LogP contribution in [0, 0.1) is 0 Å². The Morgan fingerprint density at radius 2 is 2.15 bits per heavy atom. The fourth-order valence-corrected chi connectivity index (χ4v) is 2.30. The number of nitrogens with two attached hydrogens (primary N) is 1. The first-order valence-electron chi connectivity index (χ1n) is 3.92. The van der Waals surface area contributed by atoms with Crippen molar-refractivity contribution in [3.63, 3.8) is 0 Å². The Kier molecular flexibility index (Phi) is 2.12. The molecular weight excluding hydrogens is 182 g/mol. The van der Waals surface area contributed by atoms with E-state index in [-0.39, 0.29) is 0 Å². The molecule has 0 fully saturated rings. The van der Waals surface area contributed by atoms with Gasteiger partial charge < -0.3 is 5.73 Å². The Balaban J connectivity index is 2.64. The fraction of sp³-hybridized carbons (Fsp3) is 0.100. The van der Waals surface area contributed by atoms with Gasteiger partial charge in [-0.25, -0.2) is 0 Å². The molecule has 13 heavy (non-hydrogen) atoms. The van der Waals surface area contributed by atoms with Crippen LogP contribution in [-0.4, -0.2) is 6.29 Å². The number of fused-ring (bicyclic) bond motifs is 1. The predicted molar refractivity (Wildman–Crippen MR) is 54.4 cm³/mol. The molecule has 2 nitrogen and oxygen atoms in total. The van der Waals surface area contributed by atoms with E-state index >= 15 is 0 Å². The average molecular weight is 190 g/mol. The second kappa shape index (κ2) is 3.28. The number of carbonyl (C=O) groups excluding carboxylic acids is 1. The number of thiophene rings is 1. The lowest BCUT2D eigenvalue weighted by Gasteiger charge is -1.99. The molecule has 1 atom stereocenters. The molecule has 3 heteroatoms. The normalized spacial score (nSPS) is 13.0. The molecule has 2 rings (SSSR count). The maximum Gasteiger partial charge on any atom is 0.221 e. The molecule has 2 N–H and O–H groups in total. The molecule has 0 spiro atoms. The van der Waals surface area contributed by atoms with E-state index in [9.17, 15) is 4.79 Å². The summed E-state index contributed by atoms with van der Waals surface area (Å²) in [6, 6.07) is 7.28. The lowest BCUT2D eigenvalue weighted by molar-refractivity contribution is 0.545. The minimum atomic E-state index is -0.615. The zero-order chi connectivity index (χ0) is 9.26. The van der Waals surface area contributed by atoms with Gasteiger partial charge in [-0.1, -0.05) is 18.2 Å². The van der Waals surface area contributed by atoms with Crippen LogP contribution in [0.5, 0.6) is 0 Å². The third-order valence-corrected chi connectivity index (χ3v) is 2.95. The van der Waals surface area contributed by atoms with E-state index in [2.05, 4.69) is 0 Å². The van der Waals surface area contributed by atoms with Crippen LogP contribution in [0.2, 0.25) is 0 Å². The molecule has 65 valence electrons. The first kappa shape index (κ1) is 8.41. The molecule has 0 bridgehead atoms. The Morgan fingerprint density at radius 1 is 1.38 bits per heavy atom. The first-order chi connectivity index (χ1) is 6.33. The van der Waals surface area contributed by atoms with Crippen molar-refractivity contribution in [1.29, 1.82) is 0 Å². The standard InChI is InChI=1S/C10H8NOS/c11-9(5-12)8-6-13-10-4-2-1-3-7(8)10/h1-4,6,9H,11H2. The summed E-state index contributed by atoms with van der Waals surface area (Å²) in [4.78, 5) is 10.4. The summed E-state index contributed by atoms with van der Waals surface area (Å²) in [5.74, 6) is 0. The molecular formula is C10H8NOS. The summed E-state index contributed by atoms with van der Waals surface area (Å²) in [6.07, 6.45) is 1.79. The molecule has 1 unspecified atom stereocenters. The molecule has 0 aliphatic carbocycles. The van der Waals surface area contributed by atoms with Crippen molar-refractivity contribution >= 4 is 27.7 Å². The Bertz CT molecular complexity index is 435. The Labute approximate surface area is 80.0 Å². The van der Waals surface area contributed by atoms with Gasteiger partial charge in [-0.3, -0.25) is 4.79 Å². The third kappa shape index (κ3) is 1.36. The molecule has 1 aromatic carbocycles. The summed E-state index contributed by atoms with van der Waals surface area (Å²) >= 11 is 1.60. The number of hydrogen-bond donors (Lipinski definition) is 1. The van der Waals surface area contributed by atoms with Crippen molar-refractivity contribution in [3.8, 4) is 0 Å². The fourth-order valence-electron chi connectivity index (χ4n) is 1.30. The summed E-state index contributed by atoms with van der Waals surface area (Å²) in [7, 11) is 0. The van der Waals surface area contributed by atoms with E-state index in [0.717, 1.165) is 15.6 Å². The van der Waals surface area contributed by atoms with Gasteiger partial charge in [0.1, 0.15) is 0 Å². The predicted octanol–water partition coefficient (Wildman–Crippen LogP) is 2.01. The highest BCUT2D eigenvalue weighted by atomic mass is 32.1. The summed E-state index contributed by atoms with van der Waals surface area (Å²) < 4.78 is 1.16. The van der Waals surface area contributed by atoms with Crippen LogP contribution < -0.4 is 5.73 Å². The SMILES string of the molecule is NC([C]=O)c1csc2ccccc12. The number of hydrogen-bond acceptors (Lipinski definition) is 3. The van der Waals surface area contributed by atoms with Crippen LogP contribution in [0.25, 0.3) is 10.1 Å². The summed E-state index contributed by atoms with van der Waals surface area (Å²) in [5.41, 5.74) is 6.46. The summed E-state index contributed by atoms with van der Waals surface area (Å²) in [6.45, 7) is 0. The Hall–Kier alpha value is -1.19. The molecule has 2 aromatic rings. The van der Waals surface area contributed by atoms with E-state index < -0.39 is 6.04 Å². The van der Waals surface area contributed by atoms with Crippen LogP contribution in [0.3, 0.4) is 0 Å². The minimum absolute atomic E-state index is 0.615. The van der Waals surface area contributed by atoms with Crippen LogP contribution in [-0.2, 0) is 4.79 Å². The van der Waals surface area contributed by atoms with Gasteiger partial charge in [0.2, 0.25) is 6.29 Å². The van der Waals surface area contributed by atoms with Crippen molar-refractivity contribution < 1.29 is 4.79 Å². The quantitative estimate of drug-likeness (QED) is 0.787. The first-order valence-corrected chi connectivity index (χ1v) is 4.80. The van der Waals surface area contributed by atoms with Crippen molar-refractivity contribution in [1.82, 2.24) is 0 Å². The highest BCUT2D eigenvalue weighted by Crippen LogP contribution is 2.28. The highest BCUT2D eigenvalue weighted by molar-refractivity contribution is 7.17. The summed E-state index contributed by atoms with van der Waals surface area (Å²) in [5, 5.41) is 2.98. The largest absolute Gasteiger partial charge is 0.317 e. The molecule has 0 amide bonds. The lowest BCUT2D eigenvalue weighted by Crippen LogP contribution is -2.10. The molecule has 1 aromatic heterocycles. The van der Waals surface area contributed by atoms with Gasteiger partial charge >= 0.3 is 0 Å². The number of rotatable bonds is 2. The van der Waals surface area contributed by atoms with Gasteiger partial charge in [0.05, 0.1) is 6.04 Å². The maximum atomic E-state index is 10.4. The third-order valence-electron chi connectivity index (χ3n) is 1.97. The van der Waals surface area contributed by atoms with Crippen molar-refractivity contribution in [2.75, 3.05) is 0 Å². The molecule has 0 aliphatic heterocycles. The van der Waals surface area contributed by atoms with Crippen molar-refractivity contribution in [3.05, 3.63) is 35.2 Å². The van der Waals surface area contributed by atoms with Gasteiger partial charge in [-0.05, 0) is 22.4 Å². The van der Waals surface area contributed by atoms with Gasteiger partial charge in [0, 0.05) is 4.70 Å². The second-order valence-corrected chi connectivity index (χ2v) is 3.69. The molecule has 0 saturated heterocycles. The molecule has 0 aliphatic rings. The van der Waals surface area contributed by atoms with Gasteiger partial charge in [-0.15, -0.1) is 11.3 Å². The van der Waals surface area contributed by atoms with E-state index in [1.54, 1.807) is 17.6 Å². The molecule has 1 heterocycles. The maximum absolute atomic E-state index is 10.4. The monoisotopic (exact) mass is 190 g/mol. The number of benzene rings is 1. The van der Waals surface area contributed by atoms with Crippen LogP contribution in [0.4, 0.5) is 0 Å². The van der Waals surface area contributed by atoms with Crippen molar-refractivity contribution in [2.45, 2.75) is 6.04 Å². The Morgan fingerprint density at radius 3 is 2.92 bits per heavy atom. The van der Waals surface area contributed by atoms with Crippen molar-refractivity contribution in [2.24, 2.45) is 5.73 Å². The molecule has 0 saturated carbocycles. The highest BCUT2D eigenvalue weighted by Gasteiger charge is 2.10. The topological polar surface area (TPSA) is 43.1 Å². The second-order valence-electron chi connectivity index (χ2n) is 2.78. The molecule has 1 radical (unpaired) electrons. The van der Waals surface area contributed by atoms with Gasteiger partial charge in [0.25, 0.3) is 0 Å². The van der Waals surface area contributed by atoms with E-state index in [1.165, 1.54) is 0 Å². The van der Waals surface area contributed by atoms with Crippen LogP contribution in [0.1, 0.15) is 11.6 Å². The van der Waals surface area contributed by atoms with E-state index in [0.29, 0.717) is 0 Å². The smallest absolute Gasteiger partial charge is 0.221 e. The van der Waals surface area contributed by atoms with Crippen LogP contribution >= 0.6 is 11.3 Å². The zero-order valence-corrected chi connectivity index (χ0v) is 7.67. The average Bonchev–Trinajstić information content (AvgIpc) is 2.60. The zero-order valence-electron chi connectivity index (χ0n) is 6.86.